The molecule has 5 nitrogen and oxygen atoms in total. The van der Waals surface area contributed by atoms with E-state index in [4.69, 9.17) is 15.6 Å². The SMILES string of the molecule is CN(CCO)C(=O)COc1cccc(N)c1. The molecule has 0 aliphatic heterocycles. The maximum atomic E-state index is 11.4. The number of carbonyl (C=O) groups excluding carboxylic acids is 1. The van der Waals surface area contributed by atoms with E-state index >= 15 is 0 Å². The zero-order chi connectivity index (χ0) is 12.0. The van der Waals surface area contributed by atoms with Crippen molar-refractivity contribution in [3.63, 3.8) is 0 Å². The molecule has 0 saturated carbocycles. The van der Waals surface area contributed by atoms with Crippen LogP contribution in [0.25, 0.3) is 0 Å². The lowest BCUT2D eigenvalue weighted by Crippen LogP contribution is -2.33. The standard InChI is InChI=1S/C11H16N2O3/c1-13(5-6-14)11(15)8-16-10-4-2-3-9(12)7-10/h2-4,7,14H,5-6,8,12H2,1H3. The average molecular weight is 224 g/mol. The van der Waals surface area contributed by atoms with Crippen LogP contribution in [0.15, 0.2) is 24.3 Å². The second-order valence-corrected chi connectivity index (χ2v) is 3.40. The minimum absolute atomic E-state index is 0.0550. The first-order chi connectivity index (χ1) is 7.63. The Labute approximate surface area is 94.4 Å². The largest absolute Gasteiger partial charge is 0.484 e. The molecule has 0 spiro atoms. The molecule has 1 aromatic carbocycles. The molecule has 0 atom stereocenters. The van der Waals surface area contributed by atoms with Crippen LogP contribution >= 0.6 is 0 Å². The minimum atomic E-state index is -0.184. The Bertz CT molecular complexity index is 355. The van der Waals surface area contributed by atoms with Gasteiger partial charge in [-0.25, -0.2) is 0 Å². The summed E-state index contributed by atoms with van der Waals surface area (Å²) in [5, 5.41) is 8.66. The highest BCUT2D eigenvalue weighted by atomic mass is 16.5. The van der Waals surface area contributed by atoms with Crippen molar-refractivity contribution in [2.45, 2.75) is 0 Å². The van der Waals surface area contributed by atoms with Crippen LogP contribution in [-0.4, -0.2) is 42.7 Å². The number of aliphatic hydroxyl groups is 1. The van der Waals surface area contributed by atoms with Crippen molar-refractivity contribution in [2.75, 3.05) is 32.5 Å². The van der Waals surface area contributed by atoms with E-state index in [0.717, 1.165) is 0 Å². The molecule has 5 heteroatoms. The first-order valence-corrected chi connectivity index (χ1v) is 4.96. The highest BCUT2D eigenvalue weighted by molar-refractivity contribution is 5.77. The molecule has 0 fully saturated rings. The summed E-state index contributed by atoms with van der Waals surface area (Å²) in [7, 11) is 1.61. The van der Waals surface area contributed by atoms with E-state index < -0.39 is 0 Å². The maximum Gasteiger partial charge on any atom is 0.260 e. The fraction of sp³-hybridized carbons (Fsp3) is 0.364. The lowest BCUT2D eigenvalue weighted by atomic mass is 10.3. The van der Waals surface area contributed by atoms with E-state index in [9.17, 15) is 4.79 Å². The Morgan fingerprint density at radius 3 is 2.94 bits per heavy atom. The van der Waals surface area contributed by atoms with Gasteiger partial charge in [0.15, 0.2) is 6.61 Å². The first-order valence-electron chi connectivity index (χ1n) is 4.96. The van der Waals surface area contributed by atoms with Gasteiger partial charge in [-0.3, -0.25) is 4.79 Å². The fourth-order valence-electron chi connectivity index (χ4n) is 1.13. The molecular weight excluding hydrogens is 208 g/mol. The number of amides is 1. The molecule has 1 rings (SSSR count). The molecule has 3 N–H and O–H groups in total. The number of aliphatic hydroxyl groups excluding tert-OH is 1. The lowest BCUT2D eigenvalue weighted by Gasteiger charge is -2.15. The van der Waals surface area contributed by atoms with Crippen LogP contribution in [0.5, 0.6) is 5.75 Å². The number of carbonyl (C=O) groups is 1. The molecule has 1 aromatic rings. The van der Waals surface area contributed by atoms with Gasteiger partial charge in [-0.1, -0.05) is 6.07 Å². The third-order valence-electron chi connectivity index (χ3n) is 2.08. The van der Waals surface area contributed by atoms with Crippen LogP contribution in [0.3, 0.4) is 0 Å². The second kappa shape index (κ2) is 5.97. The predicted molar refractivity (Wildman–Crippen MR) is 61.1 cm³/mol. The van der Waals surface area contributed by atoms with E-state index in [2.05, 4.69) is 0 Å². The Balaban J connectivity index is 2.42. The van der Waals surface area contributed by atoms with Gasteiger partial charge in [-0.15, -0.1) is 0 Å². The van der Waals surface area contributed by atoms with Crippen molar-refractivity contribution in [3.8, 4) is 5.75 Å². The molecule has 0 aromatic heterocycles. The molecule has 16 heavy (non-hydrogen) atoms. The molecule has 0 radical (unpaired) electrons. The Morgan fingerprint density at radius 2 is 2.31 bits per heavy atom. The maximum absolute atomic E-state index is 11.4. The van der Waals surface area contributed by atoms with E-state index in [1.807, 2.05) is 0 Å². The van der Waals surface area contributed by atoms with Crippen LogP contribution in [0.2, 0.25) is 0 Å². The Hall–Kier alpha value is -1.75. The van der Waals surface area contributed by atoms with Crippen molar-refractivity contribution < 1.29 is 14.6 Å². The quantitative estimate of drug-likeness (QED) is 0.695. The molecule has 1 amide bonds. The van der Waals surface area contributed by atoms with Gasteiger partial charge in [0.1, 0.15) is 5.75 Å². The normalized spacial score (nSPS) is 9.88. The summed E-state index contributed by atoms with van der Waals surface area (Å²) in [4.78, 5) is 12.9. The third kappa shape index (κ3) is 3.78. The fourth-order valence-corrected chi connectivity index (χ4v) is 1.13. The highest BCUT2D eigenvalue weighted by Gasteiger charge is 2.08. The van der Waals surface area contributed by atoms with E-state index in [0.29, 0.717) is 18.0 Å². The number of hydrogen-bond acceptors (Lipinski definition) is 4. The number of rotatable bonds is 5. The van der Waals surface area contributed by atoms with Crippen LogP contribution in [0.1, 0.15) is 0 Å². The van der Waals surface area contributed by atoms with Gasteiger partial charge in [0.2, 0.25) is 0 Å². The molecule has 0 saturated heterocycles. The van der Waals surface area contributed by atoms with Gasteiger partial charge in [0.25, 0.3) is 5.91 Å². The third-order valence-corrected chi connectivity index (χ3v) is 2.08. The predicted octanol–water partition coefficient (Wildman–Crippen LogP) is 0.0983. The molecule has 0 aliphatic carbocycles. The molecule has 0 aliphatic rings. The van der Waals surface area contributed by atoms with Gasteiger partial charge in [0, 0.05) is 25.3 Å². The first kappa shape index (κ1) is 12.3. The van der Waals surface area contributed by atoms with E-state index in [1.165, 1.54) is 4.90 Å². The summed E-state index contributed by atoms with van der Waals surface area (Å²) in [6.45, 7) is 0.194. The Morgan fingerprint density at radius 1 is 1.56 bits per heavy atom. The second-order valence-electron chi connectivity index (χ2n) is 3.40. The number of hydrogen-bond donors (Lipinski definition) is 2. The van der Waals surface area contributed by atoms with Gasteiger partial charge in [-0.05, 0) is 12.1 Å². The molecule has 0 bridgehead atoms. The van der Waals surface area contributed by atoms with Crippen LogP contribution in [-0.2, 0) is 4.79 Å². The van der Waals surface area contributed by atoms with Crippen LogP contribution < -0.4 is 10.5 Å². The Kier molecular flexibility index (Phi) is 4.60. The van der Waals surface area contributed by atoms with Gasteiger partial charge >= 0.3 is 0 Å². The zero-order valence-electron chi connectivity index (χ0n) is 9.22. The summed E-state index contributed by atoms with van der Waals surface area (Å²) in [6, 6.07) is 6.88. The van der Waals surface area contributed by atoms with E-state index in [-0.39, 0.29) is 19.1 Å². The number of nitrogens with zero attached hydrogens (tertiary/aromatic N) is 1. The summed E-state index contributed by atoms with van der Waals surface area (Å²) < 4.78 is 5.26. The number of ether oxygens (including phenoxy) is 1. The topological polar surface area (TPSA) is 75.8 Å². The monoisotopic (exact) mass is 224 g/mol. The number of anilines is 1. The number of nitrogen functional groups attached to an aromatic ring is 1. The average Bonchev–Trinajstić information content (AvgIpc) is 2.26. The van der Waals surface area contributed by atoms with Gasteiger partial charge in [-0.2, -0.15) is 0 Å². The van der Waals surface area contributed by atoms with Crippen molar-refractivity contribution in [1.29, 1.82) is 0 Å². The zero-order valence-corrected chi connectivity index (χ0v) is 9.22. The van der Waals surface area contributed by atoms with Gasteiger partial charge in [0.05, 0.1) is 6.61 Å². The summed E-state index contributed by atoms with van der Waals surface area (Å²) in [5.74, 6) is 0.377. The molecule has 0 heterocycles. The highest BCUT2D eigenvalue weighted by Crippen LogP contribution is 2.14. The van der Waals surface area contributed by atoms with E-state index in [1.54, 1.807) is 31.3 Å². The summed E-state index contributed by atoms with van der Waals surface area (Å²) in [6.07, 6.45) is 0. The van der Waals surface area contributed by atoms with Crippen LogP contribution in [0, 0.1) is 0 Å². The summed E-state index contributed by atoms with van der Waals surface area (Å²) in [5.41, 5.74) is 6.16. The van der Waals surface area contributed by atoms with Crippen molar-refractivity contribution in [1.82, 2.24) is 4.90 Å². The smallest absolute Gasteiger partial charge is 0.260 e. The van der Waals surface area contributed by atoms with Crippen molar-refractivity contribution in [3.05, 3.63) is 24.3 Å². The number of benzene rings is 1. The number of nitrogens with two attached hydrogens (primary N) is 1. The van der Waals surface area contributed by atoms with Crippen molar-refractivity contribution >= 4 is 11.6 Å². The molecule has 88 valence electrons. The van der Waals surface area contributed by atoms with Crippen molar-refractivity contribution in [2.24, 2.45) is 0 Å². The number of likely N-dealkylation sites (N-methyl/N-ethyl adjacent to an activating group) is 1. The minimum Gasteiger partial charge on any atom is -0.484 e. The summed E-state index contributed by atoms with van der Waals surface area (Å²) >= 11 is 0. The lowest BCUT2D eigenvalue weighted by molar-refractivity contribution is -0.132. The van der Waals surface area contributed by atoms with Gasteiger partial charge < -0.3 is 20.5 Å². The molecule has 0 unspecified atom stereocenters. The molecular formula is C11H16N2O3. The van der Waals surface area contributed by atoms with Crippen LogP contribution in [0.4, 0.5) is 5.69 Å².